The second-order valence-electron chi connectivity index (χ2n) is 16.1. The zero-order valence-electron chi connectivity index (χ0n) is 28.3. The van der Waals surface area contributed by atoms with E-state index in [-0.39, 0.29) is 57.6 Å². The predicted molar refractivity (Wildman–Crippen MR) is 172 cm³/mol. The van der Waals surface area contributed by atoms with Crippen molar-refractivity contribution in [1.29, 1.82) is 0 Å². The molecular formula is C37H54O5. The number of ketones is 3. The average molecular weight is 579 g/mol. The third-order valence-corrected chi connectivity index (χ3v) is 7.94. The second-order valence-corrected chi connectivity index (χ2v) is 16.1. The van der Waals surface area contributed by atoms with Crippen LogP contribution < -0.4 is 0 Å². The molecule has 0 atom stereocenters. The summed E-state index contributed by atoms with van der Waals surface area (Å²) in [5.74, 6) is -1.90. The molecule has 0 heterocycles. The Bertz CT molecular complexity index is 1170. The molecule has 0 unspecified atom stereocenters. The molecule has 0 aliphatic heterocycles. The Morgan fingerprint density at radius 2 is 0.786 bits per heavy atom. The summed E-state index contributed by atoms with van der Waals surface area (Å²) in [6, 6.07) is 7.75. The van der Waals surface area contributed by atoms with Gasteiger partial charge < -0.3 is 10.2 Å². The highest BCUT2D eigenvalue weighted by Gasteiger charge is 2.32. The van der Waals surface area contributed by atoms with E-state index in [1.807, 2.05) is 107 Å². The molecule has 0 aliphatic carbocycles. The minimum Gasteiger partial charge on any atom is -0.507 e. The summed E-state index contributed by atoms with van der Waals surface area (Å²) in [6.45, 7) is 25.8. The van der Waals surface area contributed by atoms with Gasteiger partial charge in [-0.05, 0) is 74.8 Å². The van der Waals surface area contributed by atoms with E-state index in [0.717, 1.165) is 33.4 Å². The number of hydrogen-bond acceptors (Lipinski definition) is 5. The van der Waals surface area contributed by atoms with Crippen LogP contribution in [0.15, 0.2) is 24.3 Å². The van der Waals surface area contributed by atoms with Gasteiger partial charge in [-0.1, -0.05) is 107 Å². The number of phenols is 2. The molecule has 0 saturated carbocycles. The number of rotatable bonds is 9. The van der Waals surface area contributed by atoms with Gasteiger partial charge in [0.2, 0.25) is 0 Å². The number of carbonyl (C=O) groups excluding carboxylic acids is 3. The first-order chi connectivity index (χ1) is 18.9. The lowest BCUT2D eigenvalue weighted by molar-refractivity contribution is -0.139. The van der Waals surface area contributed by atoms with Gasteiger partial charge in [-0.3, -0.25) is 14.4 Å². The smallest absolute Gasteiger partial charge is 0.151 e. The molecule has 5 nitrogen and oxygen atoms in total. The molecule has 0 saturated heterocycles. The Kier molecular flexibility index (Phi) is 10.4. The van der Waals surface area contributed by atoms with Crippen LogP contribution in [0.4, 0.5) is 0 Å². The van der Waals surface area contributed by atoms with Gasteiger partial charge in [0.1, 0.15) is 23.2 Å². The molecule has 2 aromatic carbocycles. The molecular weight excluding hydrogens is 524 g/mol. The van der Waals surface area contributed by atoms with Crippen molar-refractivity contribution < 1.29 is 24.6 Å². The van der Waals surface area contributed by atoms with Gasteiger partial charge >= 0.3 is 0 Å². The fourth-order valence-corrected chi connectivity index (χ4v) is 5.42. The maximum absolute atomic E-state index is 13.3. The van der Waals surface area contributed by atoms with Crippen molar-refractivity contribution in [2.24, 2.45) is 5.92 Å². The first-order valence-corrected chi connectivity index (χ1v) is 15.1. The molecule has 0 amide bonds. The molecule has 0 aliphatic rings. The van der Waals surface area contributed by atoms with Gasteiger partial charge in [0, 0.05) is 12.8 Å². The molecule has 0 bridgehead atoms. The van der Waals surface area contributed by atoms with E-state index in [1.54, 1.807) is 0 Å². The summed E-state index contributed by atoms with van der Waals surface area (Å²) in [6.07, 6.45) is 0.888. The fourth-order valence-electron chi connectivity index (χ4n) is 5.42. The summed E-state index contributed by atoms with van der Waals surface area (Å²) in [5, 5.41) is 22.0. The zero-order valence-corrected chi connectivity index (χ0v) is 28.3. The van der Waals surface area contributed by atoms with Gasteiger partial charge in [-0.25, -0.2) is 0 Å². The van der Waals surface area contributed by atoms with Crippen molar-refractivity contribution >= 4 is 17.3 Å². The predicted octanol–water partition coefficient (Wildman–Crippen LogP) is 8.20. The Morgan fingerprint density at radius 1 is 0.548 bits per heavy atom. The normalized spacial score (nSPS) is 13.0. The van der Waals surface area contributed by atoms with Crippen LogP contribution in [0.5, 0.6) is 11.5 Å². The fraction of sp³-hybridized carbons (Fsp3) is 0.595. The van der Waals surface area contributed by atoms with E-state index in [0.29, 0.717) is 12.8 Å². The lowest BCUT2D eigenvalue weighted by Crippen LogP contribution is -2.31. The number of aromatic hydroxyl groups is 2. The van der Waals surface area contributed by atoms with Crippen LogP contribution >= 0.6 is 0 Å². The topological polar surface area (TPSA) is 91.7 Å². The lowest BCUT2D eigenvalue weighted by Gasteiger charge is -2.28. The van der Waals surface area contributed by atoms with Crippen LogP contribution in [-0.4, -0.2) is 27.6 Å². The number of phenolic OH excluding ortho intramolecular Hbond substituents is 2. The first kappa shape index (κ1) is 35.2. The van der Waals surface area contributed by atoms with Gasteiger partial charge in [-0.15, -0.1) is 0 Å². The third kappa shape index (κ3) is 8.55. The third-order valence-electron chi connectivity index (χ3n) is 7.94. The lowest BCUT2D eigenvalue weighted by atomic mass is 9.77. The minimum atomic E-state index is -1.28. The highest BCUT2D eigenvalue weighted by molar-refractivity contribution is 6.18. The Balaban J connectivity index is 2.30. The Labute approximate surface area is 254 Å². The van der Waals surface area contributed by atoms with E-state index in [1.165, 1.54) is 6.92 Å². The minimum absolute atomic E-state index is 0.0650. The number of hydrogen-bond donors (Lipinski definition) is 2. The molecule has 0 radical (unpaired) electrons. The molecule has 0 aromatic heterocycles. The Morgan fingerprint density at radius 3 is 0.976 bits per heavy atom. The van der Waals surface area contributed by atoms with Gasteiger partial charge in [0.15, 0.2) is 11.6 Å². The number of Topliss-reactive ketones (excluding diaryl/α,β-unsaturated/α-hetero) is 3. The standard InChI is InChI=1S/C37H54O5/c1-22(38)31(29(39)16-14-23-18-25(34(2,3)4)32(41)26(19-23)35(5,6)7)30(40)17-15-24-20-27(36(8,9)10)33(42)28(21-24)37(11,12)13/h18-21,31,41-42H,14-17H2,1-13H3. The summed E-state index contributed by atoms with van der Waals surface area (Å²) < 4.78 is 0. The van der Waals surface area contributed by atoms with E-state index in [4.69, 9.17) is 0 Å². The largest absolute Gasteiger partial charge is 0.507 e. The van der Waals surface area contributed by atoms with Gasteiger partial charge in [-0.2, -0.15) is 0 Å². The highest BCUT2D eigenvalue weighted by Crippen LogP contribution is 2.41. The molecule has 2 aromatic rings. The number of aryl methyl sites for hydroxylation is 2. The first-order valence-electron chi connectivity index (χ1n) is 15.1. The SMILES string of the molecule is CC(=O)C(C(=O)CCc1cc(C(C)(C)C)c(O)c(C(C)(C)C)c1)C(=O)CCc1cc(C(C)(C)C)c(O)c(C(C)(C)C)c1. The van der Waals surface area contributed by atoms with Crippen LogP contribution in [-0.2, 0) is 48.9 Å². The van der Waals surface area contributed by atoms with E-state index < -0.39 is 11.7 Å². The molecule has 5 heteroatoms. The van der Waals surface area contributed by atoms with Crippen LogP contribution in [0.2, 0.25) is 0 Å². The van der Waals surface area contributed by atoms with Crippen LogP contribution in [0.25, 0.3) is 0 Å². The number of carbonyl (C=O) groups is 3. The summed E-state index contributed by atoms with van der Waals surface area (Å²) >= 11 is 0. The summed E-state index contributed by atoms with van der Waals surface area (Å²) in [7, 11) is 0. The monoisotopic (exact) mass is 578 g/mol. The molecule has 0 fully saturated rings. The Hall–Kier alpha value is -2.95. The molecule has 232 valence electrons. The maximum atomic E-state index is 13.3. The molecule has 0 spiro atoms. The van der Waals surface area contributed by atoms with Gasteiger partial charge in [0.25, 0.3) is 0 Å². The molecule has 42 heavy (non-hydrogen) atoms. The van der Waals surface area contributed by atoms with Crippen molar-refractivity contribution in [3.63, 3.8) is 0 Å². The zero-order chi connectivity index (χ0) is 32.6. The highest BCUT2D eigenvalue weighted by atomic mass is 16.3. The van der Waals surface area contributed by atoms with Crippen molar-refractivity contribution in [3.05, 3.63) is 57.6 Å². The quantitative estimate of drug-likeness (QED) is 0.293. The van der Waals surface area contributed by atoms with Crippen molar-refractivity contribution in [2.45, 2.75) is 137 Å². The second kappa shape index (κ2) is 12.3. The molecule has 2 N–H and O–H groups in total. The summed E-state index contributed by atoms with van der Waals surface area (Å²) in [4.78, 5) is 39.2. The summed E-state index contributed by atoms with van der Waals surface area (Å²) in [5.41, 5.74) is 3.88. The van der Waals surface area contributed by atoms with Crippen molar-refractivity contribution in [1.82, 2.24) is 0 Å². The molecule has 2 rings (SSSR count). The van der Waals surface area contributed by atoms with Crippen LogP contribution in [0, 0.1) is 5.92 Å². The van der Waals surface area contributed by atoms with Crippen LogP contribution in [0.1, 0.15) is 136 Å². The van der Waals surface area contributed by atoms with Crippen LogP contribution in [0.3, 0.4) is 0 Å². The maximum Gasteiger partial charge on any atom is 0.151 e. The number of benzene rings is 2. The van der Waals surface area contributed by atoms with Gasteiger partial charge in [0.05, 0.1) is 0 Å². The van der Waals surface area contributed by atoms with E-state index >= 15 is 0 Å². The van der Waals surface area contributed by atoms with Crippen molar-refractivity contribution in [2.75, 3.05) is 0 Å². The average Bonchev–Trinajstić information content (AvgIpc) is 2.79. The van der Waals surface area contributed by atoms with E-state index in [2.05, 4.69) is 0 Å². The van der Waals surface area contributed by atoms with E-state index in [9.17, 15) is 24.6 Å². The van der Waals surface area contributed by atoms with Crippen molar-refractivity contribution in [3.8, 4) is 11.5 Å².